The van der Waals surface area contributed by atoms with E-state index in [9.17, 15) is 13.2 Å². The Labute approximate surface area is 186 Å². The number of sulfonamides is 1. The molecule has 0 saturated carbocycles. The summed E-state index contributed by atoms with van der Waals surface area (Å²) in [6.07, 6.45) is 0. The Kier molecular flexibility index (Phi) is 7.38. The monoisotopic (exact) mass is 460 g/mol. The molecular weight excluding hydrogens is 440 g/mol. The zero-order chi connectivity index (χ0) is 22.3. The van der Waals surface area contributed by atoms with Crippen LogP contribution < -0.4 is 19.5 Å². The number of ether oxygens (including phenoxy) is 2. The lowest BCUT2D eigenvalue weighted by Crippen LogP contribution is -2.28. The molecule has 0 radical (unpaired) electrons. The first kappa shape index (κ1) is 22.5. The van der Waals surface area contributed by atoms with E-state index in [2.05, 4.69) is 10.0 Å². The number of hydrogen-bond acceptors (Lipinski definition) is 5. The van der Waals surface area contributed by atoms with Crippen LogP contribution in [0.25, 0.3) is 0 Å². The van der Waals surface area contributed by atoms with Crippen LogP contribution in [0.5, 0.6) is 11.5 Å². The van der Waals surface area contributed by atoms with Crippen LogP contribution in [0.3, 0.4) is 0 Å². The summed E-state index contributed by atoms with van der Waals surface area (Å²) in [4.78, 5) is 12.0. The minimum absolute atomic E-state index is 0.0161. The molecule has 0 aromatic heterocycles. The van der Waals surface area contributed by atoms with Crippen LogP contribution in [-0.2, 0) is 21.4 Å². The fourth-order valence-electron chi connectivity index (χ4n) is 2.62. The Morgan fingerprint density at radius 1 is 1.00 bits per heavy atom. The fourth-order valence-corrected chi connectivity index (χ4v) is 4.01. The van der Waals surface area contributed by atoms with Gasteiger partial charge in [-0.3, -0.25) is 9.52 Å². The molecule has 0 atom stereocenters. The number of hydrogen-bond donors (Lipinski definition) is 2. The molecule has 1 amide bonds. The average Bonchev–Trinajstić information content (AvgIpc) is 2.77. The Hall–Kier alpha value is -3.23. The van der Waals surface area contributed by atoms with Gasteiger partial charge in [-0.2, -0.15) is 0 Å². The van der Waals surface area contributed by atoms with E-state index in [1.165, 1.54) is 18.2 Å². The van der Waals surface area contributed by atoms with Gasteiger partial charge in [-0.15, -0.1) is 0 Å². The molecule has 0 aliphatic rings. The summed E-state index contributed by atoms with van der Waals surface area (Å²) in [7, 11) is -2.22. The summed E-state index contributed by atoms with van der Waals surface area (Å²) in [5.41, 5.74) is 1.35. The third-order valence-corrected chi connectivity index (χ3v) is 5.92. The minimum Gasteiger partial charge on any atom is -0.497 e. The zero-order valence-electron chi connectivity index (χ0n) is 16.7. The molecule has 9 heteroatoms. The number of carbonyl (C=O) groups is 1. The van der Waals surface area contributed by atoms with Crippen molar-refractivity contribution >= 4 is 33.2 Å². The molecule has 0 unspecified atom stereocenters. The van der Waals surface area contributed by atoms with E-state index < -0.39 is 10.0 Å². The summed E-state index contributed by atoms with van der Waals surface area (Å²) in [6, 6.07) is 19.9. The van der Waals surface area contributed by atoms with Crippen molar-refractivity contribution in [3.05, 3.63) is 83.4 Å². The standard InChI is InChI=1S/C22H21ClN2O5S/c1-29-18-9-7-16(8-10-18)14-24-22(26)15-30-21-12-11-19(13-20(21)23)31(27,28)25-17-5-3-2-4-6-17/h2-13,25H,14-15H2,1H3,(H,24,26). The molecule has 0 saturated heterocycles. The minimum atomic E-state index is -3.81. The van der Waals surface area contributed by atoms with Crippen molar-refractivity contribution in [2.75, 3.05) is 18.4 Å². The highest BCUT2D eigenvalue weighted by Crippen LogP contribution is 2.28. The highest BCUT2D eigenvalue weighted by atomic mass is 35.5. The van der Waals surface area contributed by atoms with Crippen LogP contribution in [0.4, 0.5) is 5.69 Å². The van der Waals surface area contributed by atoms with Crippen molar-refractivity contribution in [3.63, 3.8) is 0 Å². The third kappa shape index (κ3) is 6.37. The molecule has 0 spiro atoms. The van der Waals surface area contributed by atoms with Gasteiger partial charge in [0.25, 0.3) is 15.9 Å². The van der Waals surface area contributed by atoms with Gasteiger partial charge in [0.1, 0.15) is 11.5 Å². The lowest BCUT2D eigenvalue weighted by Gasteiger charge is -2.12. The molecule has 0 fully saturated rings. The topological polar surface area (TPSA) is 93.7 Å². The number of rotatable bonds is 9. The second-order valence-electron chi connectivity index (χ2n) is 6.48. The number of nitrogens with one attached hydrogen (secondary N) is 2. The van der Waals surface area contributed by atoms with E-state index in [1.54, 1.807) is 49.6 Å². The summed E-state index contributed by atoms with van der Waals surface area (Å²) in [6.45, 7) is 0.0759. The average molecular weight is 461 g/mol. The van der Waals surface area contributed by atoms with E-state index >= 15 is 0 Å². The maximum Gasteiger partial charge on any atom is 0.261 e. The highest BCUT2D eigenvalue weighted by Gasteiger charge is 2.17. The first-order chi connectivity index (χ1) is 14.9. The quantitative estimate of drug-likeness (QED) is 0.506. The Bertz CT molecular complexity index is 1140. The Morgan fingerprint density at radius 2 is 1.71 bits per heavy atom. The number of amides is 1. The number of halogens is 1. The number of carbonyl (C=O) groups excluding carboxylic acids is 1. The first-order valence-corrected chi connectivity index (χ1v) is 11.1. The largest absolute Gasteiger partial charge is 0.497 e. The van der Waals surface area contributed by atoms with Crippen LogP contribution in [0.2, 0.25) is 5.02 Å². The molecule has 0 aliphatic heterocycles. The Morgan fingerprint density at radius 3 is 2.35 bits per heavy atom. The van der Waals surface area contributed by atoms with E-state index in [-0.39, 0.29) is 28.2 Å². The molecule has 3 aromatic rings. The SMILES string of the molecule is COc1ccc(CNC(=O)COc2ccc(S(=O)(=O)Nc3ccccc3)cc2Cl)cc1. The maximum absolute atomic E-state index is 12.5. The van der Waals surface area contributed by atoms with E-state index in [1.807, 2.05) is 12.1 Å². The predicted octanol–water partition coefficient (Wildman–Crippen LogP) is 3.84. The number of anilines is 1. The van der Waals surface area contributed by atoms with Gasteiger partial charge < -0.3 is 14.8 Å². The van der Waals surface area contributed by atoms with E-state index in [4.69, 9.17) is 21.1 Å². The van der Waals surface area contributed by atoms with Crippen LogP contribution in [0.15, 0.2) is 77.7 Å². The van der Waals surface area contributed by atoms with Crippen molar-refractivity contribution in [1.29, 1.82) is 0 Å². The maximum atomic E-state index is 12.5. The molecule has 162 valence electrons. The lowest BCUT2D eigenvalue weighted by atomic mass is 10.2. The summed E-state index contributed by atoms with van der Waals surface area (Å²) < 4.78 is 38.0. The van der Waals surface area contributed by atoms with Gasteiger partial charge in [0, 0.05) is 12.2 Å². The fraction of sp³-hybridized carbons (Fsp3) is 0.136. The second kappa shape index (κ2) is 10.2. The smallest absolute Gasteiger partial charge is 0.261 e. The van der Waals surface area contributed by atoms with Gasteiger partial charge in [-0.25, -0.2) is 8.42 Å². The van der Waals surface area contributed by atoms with Crippen molar-refractivity contribution < 1.29 is 22.7 Å². The first-order valence-electron chi connectivity index (χ1n) is 9.27. The van der Waals surface area contributed by atoms with Gasteiger partial charge in [0.15, 0.2) is 6.61 Å². The van der Waals surface area contributed by atoms with Crippen LogP contribution in [-0.4, -0.2) is 28.0 Å². The molecule has 0 aliphatic carbocycles. The number of benzene rings is 3. The molecule has 3 rings (SSSR count). The molecular formula is C22H21ClN2O5S. The molecule has 31 heavy (non-hydrogen) atoms. The van der Waals surface area contributed by atoms with Gasteiger partial charge in [-0.1, -0.05) is 41.9 Å². The summed E-state index contributed by atoms with van der Waals surface area (Å²) in [5.74, 6) is 0.603. The molecule has 2 N–H and O–H groups in total. The molecule has 7 nitrogen and oxygen atoms in total. The van der Waals surface area contributed by atoms with Crippen LogP contribution in [0, 0.1) is 0 Å². The molecule has 0 bridgehead atoms. The van der Waals surface area contributed by atoms with Crippen LogP contribution in [0.1, 0.15) is 5.56 Å². The normalized spacial score (nSPS) is 10.9. The number of methoxy groups -OCH3 is 1. The number of para-hydroxylation sites is 1. The van der Waals surface area contributed by atoms with Gasteiger partial charge in [0.05, 0.1) is 17.0 Å². The lowest BCUT2D eigenvalue weighted by molar-refractivity contribution is -0.123. The van der Waals surface area contributed by atoms with Gasteiger partial charge >= 0.3 is 0 Å². The van der Waals surface area contributed by atoms with Crippen molar-refractivity contribution in [2.24, 2.45) is 0 Å². The van der Waals surface area contributed by atoms with Crippen LogP contribution >= 0.6 is 11.6 Å². The Balaban J connectivity index is 1.55. The summed E-state index contributed by atoms with van der Waals surface area (Å²) in [5, 5.41) is 2.82. The highest BCUT2D eigenvalue weighted by molar-refractivity contribution is 7.92. The summed E-state index contributed by atoms with van der Waals surface area (Å²) >= 11 is 6.16. The second-order valence-corrected chi connectivity index (χ2v) is 8.57. The zero-order valence-corrected chi connectivity index (χ0v) is 18.2. The molecule has 3 aromatic carbocycles. The van der Waals surface area contributed by atoms with Gasteiger partial charge in [0.2, 0.25) is 0 Å². The van der Waals surface area contributed by atoms with Crippen molar-refractivity contribution in [1.82, 2.24) is 5.32 Å². The van der Waals surface area contributed by atoms with Crippen molar-refractivity contribution in [2.45, 2.75) is 11.4 Å². The molecule has 0 heterocycles. The van der Waals surface area contributed by atoms with E-state index in [0.29, 0.717) is 12.2 Å². The van der Waals surface area contributed by atoms with Crippen molar-refractivity contribution in [3.8, 4) is 11.5 Å². The third-order valence-electron chi connectivity index (χ3n) is 4.25. The predicted molar refractivity (Wildman–Crippen MR) is 119 cm³/mol. The van der Waals surface area contributed by atoms with E-state index in [0.717, 1.165) is 11.3 Å². The van der Waals surface area contributed by atoms with Gasteiger partial charge in [-0.05, 0) is 48.0 Å².